The zero-order chi connectivity index (χ0) is 12.7. The predicted octanol–water partition coefficient (Wildman–Crippen LogP) is 0.493. The molecule has 2 aromatic rings. The lowest BCUT2D eigenvalue weighted by Gasteiger charge is -2.33. The summed E-state index contributed by atoms with van der Waals surface area (Å²) in [6.45, 7) is 8.01. The second-order valence-electron chi connectivity index (χ2n) is 4.92. The lowest BCUT2D eigenvalue weighted by molar-refractivity contribution is 0.310. The van der Waals surface area contributed by atoms with Crippen molar-refractivity contribution < 1.29 is 0 Å². The lowest BCUT2D eigenvalue weighted by Crippen LogP contribution is -2.45. The van der Waals surface area contributed by atoms with Crippen LogP contribution in [0.2, 0.25) is 0 Å². The minimum atomic E-state index is 0.790. The minimum Gasteiger partial charge on any atom is -0.338 e. The molecule has 1 aliphatic heterocycles. The zero-order valence-corrected chi connectivity index (χ0v) is 11.1. The first-order chi connectivity index (χ1) is 8.63. The molecule has 0 amide bonds. The first kappa shape index (κ1) is 11.4. The lowest BCUT2D eigenvalue weighted by atomic mass is 10.3. The third-order valence-corrected chi connectivity index (χ3v) is 3.33. The van der Waals surface area contributed by atoms with Crippen molar-refractivity contribution in [2.24, 2.45) is 0 Å². The number of piperazine rings is 1. The number of aryl methyl sites for hydroxylation is 2. The van der Waals surface area contributed by atoms with Crippen LogP contribution in [0.15, 0.2) is 6.07 Å². The van der Waals surface area contributed by atoms with E-state index in [0.29, 0.717) is 0 Å². The van der Waals surface area contributed by atoms with Crippen molar-refractivity contribution in [1.82, 2.24) is 24.5 Å². The van der Waals surface area contributed by atoms with E-state index in [0.717, 1.165) is 49.3 Å². The summed E-state index contributed by atoms with van der Waals surface area (Å²) in [6.07, 6.45) is 0. The second kappa shape index (κ2) is 4.20. The molecule has 0 spiro atoms. The van der Waals surface area contributed by atoms with Crippen LogP contribution >= 0.6 is 0 Å². The monoisotopic (exact) mass is 246 g/mol. The third-order valence-electron chi connectivity index (χ3n) is 3.33. The van der Waals surface area contributed by atoms with E-state index in [1.807, 2.05) is 24.4 Å². The Morgan fingerprint density at radius 3 is 2.50 bits per heavy atom. The van der Waals surface area contributed by atoms with Gasteiger partial charge in [-0.15, -0.1) is 5.10 Å². The van der Waals surface area contributed by atoms with Gasteiger partial charge in [0.25, 0.3) is 0 Å². The fraction of sp³-hybridized carbons (Fsp3) is 0.583. The van der Waals surface area contributed by atoms with Crippen molar-refractivity contribution in [2.45, 2.75) is 13.8 Å². The van der Waals surface area contributed by atoms with Gasteiger partial charge in [0.2, 0.25) is 5.95 Å². The van der Waals surface area contributed by atoms with Gasteiger partial charge in [-0.1, -0.05) is 0 Å². The molecule has 0 N–H and O–H groups in total. The second-order valence-corrected chi connectivity index (χ2v) is 4.92. The number of nitrogens with zero attached hydrogens (tertiary/aromatic N) is 6. The highest BCUT2D eigenvalue weighted by molar-refractivity contribution is 5.47. The van der Waals surface area contributed by atoms with Gasteiger partial charge >= 0.3 is 0 Å². The van der Waals surface area contributed by atoms with Gasteiger partial charge in [0.15, 0.2) is 5.65 Å². The third kappa shape index (κ3) is 1.92. The van der Waals surface area contributed by atoms with E-state index in [9.17, 15) is 0 Å². The molecular weight excluding hydrogens is 228 g/mol. The van der Waals surface area contributed by atoms with Crippen LogP contribution in [0.1, 0.15) is 11.5 Å². The molecule has 1 saturated heterocycles. The largest absolute Gasteiger partial charge is 0.338 e. The van der Waals surface area contributed by atoms with Crippen LogP contribution in [-0.4, -0.2) is 57.7 Å². The van der Waals surface area contributed by atoms with E-state index in [2.05, 4.69) is 31.9 Å². The molecule has 0 saturated carbocycles. The fourth-order valence-electron chi connectivity index (χ4n) is 2.31. The maximum absolute atomic E-state index is 4.63. The molecule has 0 aliphatic carbocycles. The summed E-state index contributed by atoms with van der Waals surface area (Å²) in [7, 11) is 2.15. The topological polar surface area (TPSA) is 49.6 Å². The maximum atomic E-state index is 4.63. The van der Waals surface area contributed by atoms with Gasteiger partial charge in [-0.25, -0.2) is 9.97 Å². The summed E-state index contributed by atoms with van der Waals surface area (Å²) in [5.74, 6) is 1.71. The molecule has 2 aromatic heterocycles. The molecule has 0 unspecified atom stereocenters. The van der Waals surface area contributed by atoms with E-state index in [1.165, 1.54) is 0 Å². The van der Waals surface area contributed by atoms with E-state index < -0.39 is 0 Å². The summed E-state index contributed by atoms with van der Waals surface area (Å²) < 4.78 is 1.85. The number of hydrogen-bond acceptors (Lipinski definition) is 5. The number of anilines is 1. The molecule has 1 fully saturated rings. The highest BCUT2D eigenvalue weighted by atomic mass is 15.4. The molecule has 0 aromatic carbocycles. The standard InChI is InChI=1S/C12H18N6/c1-9-8-11-14-10(2)15-18(11)12(13-9)17-6-4-16(3)5-7-17/h8H,4-7H2,1-3H3. The van der Waals surface area contributed by atoms with Crippen molar-refractivity contribution >= 4 is 11.6 Å². The molecule has 0 bridgehead atoms. The SMILES string of the molecule is Cc1cc2nc(C)nn2c(N2CCN(C)CC2)n1. The van der Waals surface area contributed by atoms with E-state index in [-0.39, 0.29) is 0 Å². The first-order valence-electron chi connectivity index (χ1n) is 6.28. The number of hydrogen-bond donors (Lipinski definition) is 0. The van der Waals surface area contributed by atoms with E-state index in [1.54, 1.807) is 0 Å². The number of likely N-dealkylation sites (N-methyl/N-ethyl adjacent to an activating group) is 1. The molecule has 6 nitrogen and oxygen atoms in total. The Morgan fingerprint density at radius 1 is 1.06 bits per heavy atom. The molecule has 1 aliphatic rings. The van der Waals surface area contributed by atoms with Crippen molar-refractivity contribution in [3.63, 3.8) is 0 Å². The number of fused-ring (bicyclic) bond motifs is 1. The van der Waals surface area contributed by atoms with Crippen LogP contribution in [0.3, 0.4) is 0 Å². The van der Waals surface area contributed by atoms with E-state index >= 15 is 0 Å². The van der Waals surface area contributed by atoms with Crippen molar-refractivity contribution in [3.8, 4) is 0 Å². The van der Waals surface area contributed by atoms with Crippen molar-refractivity contribution in [3.05, 3.63) is 17.6 Å². The summed E-state index contributed by atoms with van der Waals surface area (Å²) in [4.78, 5) is 13.7. The Morgan fingerprint density at radius 2 is 1.78 bits per heavy atom. The van der Waals surface area contributed by atoms with Crippen molar-refractivity contribution in [2.75, 3.05) is 38.1 Å². The van der Waals surface area contributed by atoms with Gasteiger partial charge in [0.05, 0.1) is 0 Å². The number of rotatable bonds is 1. The Bertz CT molecular complexity index is 567. The number of aromatic nitrogens is 4. The van der Waals surface area contributed by atoms with Crippen LogP contribution in [-0.2, 0) is 0 Å². The normalized spacial score (nSPS) is 17.6. The van der Waals surface area contributed by atoms with Gasteiger partial charge in [-0.3, -0.25) is 0 Å². The van der Waals surface area contributed by atoms with Crippen LogP contribution in [0, 0.1) is 13.8 Å². The molecule has 18 heavy (non-hydrogen) atoms. The summed E-state index contributed by atoms with van der Waals surface area (Å²) >= 11 is 0. The Balaban J connectivity index is 2.04. The van der Waals surface area contributed by atoms with Gasteiger partial charge < -0.3 is 9.80 Å². The Labute approximate surface area is 106 Å². The first-order valence-corrected chi connectivity index (χ1v) is 6.28. The van der Waals surface area contributed by atoms with Crippen LogP contribution < -0.4 is 4.90 Å². The molecular formula is C12H18N6. The van der Waals surface area contributed by atoms with Crippen LogP contribution in [0.25, 0.3) is 5.65 Å². The highest BCUT2D eigenvalue weighted by Crippen LogP contribution is 2.16. The smallest absolute Gasteiger partial charge is 0.228 e. The van der Waals surface area contributed by atoms with Gasteiger partial charge in [0, 0.05) is 37.9 Å². The zero-order valence-electron chi connectivity index (χ0n) is 11.1. The van der Waals surface area contributed by atoms with E-state index in [4.69, 9.17) is 0 Å². The summed E-state index contributed by atoms with van der Waals surface area (Å²) in [6, 6.07) is 1.97. The molecule has 0 atom stereocenters. The fourth-order valence-corrected chi connectivity index (χ4v) is 2.31. The average molecular weight is 246 g/mol. The van der Waals surface area contributed by atoms with Crippen LogP contribution in [0.5, 0.6) is 0 Å². The average Bonchev–Trinajstić information content (AvgIpc) is 2.69. The predicted molar refractivity (Wildman–Crippen MR) is 70.0 cm³/mol. The maximum Gasteiger partial charge on any atom is 0.228 e. The molecule has 96 valence electrons. The van der Waals surface area contributed by atoms with Crippen molar-refractivity contribution in [1.29, 1.82) is 0 Å². The van der Waals surface area contributed by atoms with Crippen LogP contribution in [0.4, 0.5) is 5.95 Å². The summed E-state index contributed by atoms with van der Waals surface area (Å²) in [5, 5.41) is 4.44. The van der Waals surface area contributed by atoms with Gasteiger partial charge in [-0.05, 0) is 20.9 Å². The van der Waals surface area contributed by atoms with Gasteiger partial charge in [-0.2, -0.15) is 4.52 Å². The molecule has 0 radical (unpaired) electrons. The quantitative estimate of drug-likeness (QED) is 0.733. The minimum absolute atomic E-state index is 0.790. The molecule has 3 heterocycles. The Hall–Kier alpha value is -1.69. The summed E-state index contributed by atoms with van der Waals surface area (Å²) in [5.41, 5.74) is 1.87. The Kier molecular flexibility index (Phi) is 2.66. The molecule has 3 rings (SSSR count). The molecule has 6 heteroatoms. The highest BCUT2D eigenvalue weighted by Gasteiger charge is 2.19. The van der Waals surface area contributed by atoms with Gasteiger partial charge in [0.1, 0.15) is 5.82 Å².